The zero-order valence-corrected chi connectivity index (χ0v) is 15.5. The highest BCUT2D eigenvalue weighted by molar-refractivity contribution is 7.98. The number of aromatic nitrogens is 1. The van der Waals surface area contributed by atoms with Crippen molar-refractivity contribution >= 4 is 29.3 Å². The molecule has 1 N–H and O–H groups in total. The summed E-state index contributed by atoms with van der Waals surface area (Å²) in [6.07, 6.45) is 6.29. The maximum Gasteiger partial charge on any atom is 0.254 e. The minimum atomic E-state index is -0.0544. The number of hydrogen-bond donors (Lipinski definition) is 1. The molecule has 1 aromatic heterocycles. The molecule has 0 unspecified atom stereocenters. The van der Waals surface area contributed by atoms with Crippen LogP contribution in [0.5, 0.6) is 0 Å². The van der Waals surface area contributed by atoms with E-state index in [-0.39, 0.29) is 5.91 Å². The molecule has 2 aromatic rings. The molecule has 0 radical (unpaired) electrons. The van der Waals surface area contributed by atoms with Crippen molar-refractivity contribution in [2.75, 3.05) is 6.54 Å². The molecule has 2 rings (SSSR count). The number of nitrogens with one attached hydrogen (secondary N) is 1. The zero-order valence-electron chi connectivity index (χ0n) is 13.9. The number of nitrogens with zero attached hydrogens (tertiary/aromatic N) is 1. The Hall–Kier alpha value is -1.52. The van der Waals surface area contributed by atoms with Crippen molar-refractivity contribution < 1.29 is 4.79 Å². The van der Waals surface area contributed by atoms with Gasteiger partial charge in [0.2, 0.25) is 0 Å². The highest BCUT2D eigenvalue weighted by Gasteiger charge is 2.12. The summed E-state index contributed by atoms with van der Waals surface area (Å²) in [5, 5.41) is 4.47. The quantitative estimate of drug-likeness (QED) is 0.483. The molecule has 3 nitrogen and oxygen atoms in total. The lowest BCUT2D eigenvalue weighted by molar-refractivity contribution is 0.0949. The minimum Gasteiger partial charge on any atom is -0.352 e. The Bertz CT molecular complexity index is 663. The fraction of sp³-hybridized carbons (Fsp3) is 0.368. The molecule has 0 saturated heterocycles. The number of hydrogen-bond acceptors (Lipinski definition) is 3. The molecule has 0 aliphatic heterocycles. The summed E-state index contributed by atoms with van der Waals surface area (Å²) in [7, 11) is 0. The fourth-order valence-electron chi connectivity index (χ4n) is 2.29. The number of carbonyl (C=O) groups is 1. The van der Waals surface area contributed by atoms with Crippen molar-refractivity contribution in [2.45, 2.75) is 43.4 Å². The topological polar surface area (TPSA) is 42.0 Å². The van der Waals surface area contributed by atoms with Gasteiger partial charge in [-0.2, -0.15) is 0 Å². The van der Waals surface area contributed by atoms with Gasteiger partial charge in [-0.05, 0) is 30.2 Å². The molecular formula is C19H23ClN2OS. The lowest BCUT2D eigenvalue weighted by atomic mass is 10.2. The number of carbonyl (C=O) groups excluding carboxylic acids is 1. The molecule has 128 valence electrons. The summed E-state index contributed by atoms with van der Waals surface area (Å²) in [6.45, 7) is 2.89. The predicted octanol–water partition coefficient (Wildman–Crippen LogP) is 5.34. The van der Waals surface area contributed by atoms with Gasteiger partial charge in [-0.25, -0.2) is 4.98 Å². The second-order valence-corrected chi connectivity index (χ2v) is 6.92. The monoisotopic (exact) mass is 362 g/mol. The first kappa shape index (κ1) is 18.8. The fourth-order valence-corrected chi connectivity index (χ4v) is 3.57. The van der Waals surface area contributed by atoms with Crippen LogP contribution in [-0.4, -0.2) is 17.4 Å². The van der Waals surface area contributed by atoms with E-state index >= 15 is 0 Å². The van der Waals surface area contributed by atoms with Crippen LogP contribution in [0.4, 0.5) is 0 Å². The van der Waals surface area contributed by atoms with E-state index in [1.165, 1.54) is 24.6 Å². The number of amides is 1. The van der Waals surface area contributed by atoms with Crippen LogP contribution in [0, 0.1) is 0 Å². The van der Waals surface area contributed by atoms with Crippen LogP contribution in [-0.2, 0) is 5.75 Å². The highest BCUT2D eigenvalue weighted by atomic mass is 35.5. The van der Waals surface area contributed by atoms with Gasteiger partial charge in [0.25, 0.3) is 5.91 Å². The highest BCUT2D eigenvalue weighted by Crippen LogP contribution is 2.27. The zero-order chi connectivity index (χ0) is 17.2. The van der Waals surface area contributed by atoms with Gasteiger partial charge in [-0.15, -0.1) is 11.8 Å². The molecular weight excluding hydrogens is 340 g/mol. The van der Waals surface area contributed by atoms with E-state index < -0.39 is 0 Å². The average Bonchev–Trinajstić information content (AvgIpc) is 2.61. The van der Waals surface area contributed by atoms with Crippen LogP contribution in [0.2, 0.25) is 5.02 Å². The number of rotatable bonds is 9. The molecule has 0 fully saturated rings. The van der Waals surface area contributed by atoms with Gasteiger partial charge in [0.15, 0.2) is 0 Å². The molecule has 0 saturated carbocycles. The molecule has 0 spiro atoms. The second kappa shape index (κ2) is 10.4. The van der Waals surface area contributed by atoms with Crippen LogP contribution in [0.15, 0.2) is 47.6 Å². The molecule has 5 heteroatoms. The Morgan fingerprint density at radius 3 is 2.79 bits per heavy atom. The van der Waals surface area contributed by atoms with Crippen molar-refractivity contribution in [2.24, 2.45) is 0 Å². The maximum absolute atomic E-state index is 12.4. The van der Waals surface area contributed by atoms with E-state index in [0.717, 1.165) is 28.5 Å². The van der Waals surface area contributed by atoms with Crippen molar-refractivity contribution in [3.63, 3.8) is 0 Å². The third-order valence-corrected chi connectivity index (χ3v) is 5.08. The minimum absolute atomic E-state index is 0.0544. The number of halogens is 1. The van der Waals surface area contributed by atoms with E-state index in [9.17, 15) is 4.79 Å². The number of benzene rings is 1. The predicted molar refractivity (Wildman–Crippen MR) is 102 cm³/mol. The van der Waals surface area contributed by atoms with Crippen LogP contribution >= 0.6 is 23.4 Å². The Kier molecular flexibility index (Phi) is 8.13. The van der Waals surface area contributed by atoms with Crippen LogP contribution in [0.1, 0.15) is 48.5 Å². The number of thioether (sulfide) groups is 1. The lowest BCUT2D eigenvalue weighted by Gasteiger charge is -2.09. The Labute approximate surface area is 153 Å². The summed E-state index contributed by atoms with van der Waals surface area (Å²) in [4.78, 5) is 16.7. The molecule has 0 aliphatic carbocycles. The first-order valence-corrected chi connectivity index (χ1v) is 9.68. The van der Waals surface area contributed by atoms with E-state index in [4.69, 9.17) is 11.6 Å². The summed E-state index contributed by atoms with van der Waals surface area (Å²) < 4.78 is 0. The second-order valence-electron chi connectivity index (χ2n) is 5.55. The van der Waals surface area contributed by atoms with Gasteiger partial charge < -0.3 is 5.32 Å². The lowest BCUT2D eigenvalue weighted by Crippen LogP contribution is -2.25. The normalized spacial score (nSPS) is 10.6. The first-order valence-electron chi connectivity index (χ1n) is 8.31. The summed E-state index contributed by atoms with van der Waals surface area (Å²) in [5.41, 5.74) is 1.67. The van der Waals surface area contributed by atoms with Crippen LogP contribution < -0.4 is 5.32 Å². The Morgan fingerprint density at radius 2 is 2.00 bits per heavy atom. The molecule has 0 aliphatic rings. The third-order valence-electron chi connectivity index (χ3n) is 3.65. The van der Waals surface area contributed by atoms with Crippen LogP contribution in [0.3, 0.4) is 0 Å². The molecule has 0 atom stereocenters. The van der Waals surface area contributed by atoms with Gasteiger partial charge in [-0.1, -0.05) is 56.0 Å². The summed E-state index contributed by atoms with van der Waals surface area (Å²) in [5.74, 6) is 0.634. The number of unbranched alkanes of at least 4 members (excludes halogenated alkanes) is 3. The maximum atomic E-state index is 12.4. The van der Waals surface area contributed by atoms with E-state index in [0.29, 0.717) is 17.9 Å². The van der Waals surface area contributed by atoms with Gasteiger partial charge >= 0.3 is 0 Å². The van der Waals surface area contributed by atoms with E-state index in [2.05, 4.69) is 17.2 Å². The largest absolute Gasteiger partial charge is 0.352 e. The SMILES string of the molecule is CCCCCCNC(=O)c1cccnc1SCc1ccccc1Cl. The van der Waals surface area contributed by atoms with Gasteiger partial charge in [0.05, 0.1) is 5.56 Å². The van der Waals surface area contributed by atoms with Crippen molar-refractivity contribution in [3.8, 4) is 0 Å². The molecule has 1 heterocycles. The Morgan fingerprint density at radius 1 is 1.17 bits per heavy atom. The molecule has 24 heavy (non-hydrogen) atoms. The molecule has 1 amide bonds. The van der Waals surface area contributed by atoms with E-state index in [1.54, 1.807) is 12.3 Å². The standard InChI is InChI=1S/C19H23ClN2OS/c1-2-3-4-7-12-21-18(23)16-10-8-13-22-19(16)24-14-15-9-5-6-11-17(15)20/h5-6,8-11,13H,2-4,7,12,14H2,1H3,(H,21,23). The third kappa shape index (κ3) is 5.84. The average molecular weight is 363 g/mol. The first-order chi connectivity index (χ1) is 11.7. The van der Waals surface area contributed by atoms with Crippen molar-refractivity contribution in [3.05, 3.63) is 58.7 Å². The van der Waals surface area contributed by atoms with Crippen molar-refractivity contribution in [1.29, 1.82) is 0 Å². The van der Waals surface area contributed by atoms with Crippen molar-refractivity contribution in [1.82, 2.24) is 10.3 Å². The Balaban J connectivity index is 1.94. The van der Waals surface area contributed by atoms with Crippen LogP contribution in [0.25, 0.3) is 0 Å². The molecule has 0 bridgehead atoms. The molecule has 1 aromatic carbocycles. The smallest absolute Gasteiger partial charge is 0.254 e. The van der Waals surface area contributed by atoms with Gasteiger partial charge in [-0.3, -0.25) is 4.79 Å². The summed E-state index contributed by atoms with van der Waals surface area (Å²) in [6, 6.07) is 11.4. The summed E-state index contributed by atoms with van der Waals surface area (Å²) >= 11 is 7.72. The van der Waals surface area contributed by atoms with E-state index in [1.807, 2.05) is 30.3 Å². The number of pyridine rings is 1. The van der Waals surface area contributed by atoms with Gasteiger partial charge in [0.1, 0.15) is 5.03 Å². The van der Waals surface area contributed by atoms with Gasteiger partial charge in [0, 0.05) is 23.5 Å².